The van der Waals surface area contributed by atoms with Crippen LogP contribution in [0.2, 0.25) is 0 Å². The largest absolute Gasteiger partial charge is 0.348 e. The Morgan fingerprint density at radius 3 is 2.59 bits per heavy atom. The van der Waals surface area contributed by atoms with E-state index >= 15 is 0 Å². The minimum atomic E-state index is 0.0855. The number of aryl methyl sites for hydroxylation is 2. The maximum Gasteiger partial charge on any atom is 0.234 e. The number of nitrogens with zero attached hydrogens (tertiary/aromatic N) is 2. The van der Waals surface area contributed by atoms with Crippen LogP contribution in [-0.4, -0.2) is 56.0 Å². The minimum absolute atomic E-state index is 0.0855. The molecule has 0 saturated carbocycles. The molecule has 0 radical (unpaired) electrons. The first kappa shape index (κ1) is 20.3. The van der Waals surface area contributed by atoms with E-state index in [9.17, 15) is 4.79 Å². The van der Waals surface area contributed by atoms with E-state index in [-0.39, 0.29) is 11.9 Å². The van der Waals surface area contributed by atoms with Crippen molar-refractivity contribution in [3.05, 3.63) is 34.9 Å². The normalized spacial score (nSPS) is 19.7. The van der Waals surface area contributed by atoms with Crippen molar-refractivity contribution in [2.75, 3.05) is 40.3 Å². The van der Waals surface area contributed by atoms with E-state index in [1.807, 2.05) is 0 Å². The number of amides is 1. The summed E-state index contributed by atoms with van der Waals surface area (Å²) in [6.07, 6.45) is 8.73. The van der Waals surface area contributed by atoms with Crippen LogP contribution in [0.15, 0.2) is 18.2 Å². The van der Waals surface area contributed by atoms with Crippen molar-refractivity contribution in [3.63, 3.8) is 0 Å². The summed E-state index contributed by atoms with van der Waals surface area (Å²) < 4.78 is 0. The molecule has 0 spiro atoms. The van der Waals surface area contributed by atoms with Gasteiger partial charge in [0.1, 0.15) is 0 Å². The number of rotatable bonds is 7. The lowest BCUT2D eigenvalue weighted by Crippen LogP contribution is -2.42. The van der Waals surface area contributed by atoms with Gasteiger partial charge in [0.15, 0.2) is 0 Å². The van der Waals surface area contributed by atoms with Crippen molar-refractivity contribution in [2.45, 2.75) is 57.9 Å². The molecule has 1 heterocycles. The molecule has 1 aliphatic carbocycles. The molecular formula is C23H37N3O. The van der Waals surface area contributed by atoms with Gasteiger partial charge in [0, 0.05) is 0 Å². The topological polar surface area (TPSA) is 35.6 Å². The number of piperidine rings is 1. The van der Waals surface area contributed by atoms with Crippen LogP contribution in [0.3, 0.4) is 0 Å². The first-order valence-corrected chi connectivity index (χ1v) is 10.8. The molecule has 1 atom stereocenters. The Bertz CT molecular complexity index is 620. The van der Waals surface area contributed by atoms with Crippen LogP contribution >= 0.6 is 0 Å². The Morgan fingerprint density at radius 2 is 1.89 bits per heavy atom. The minimum Gasteiger partial charge on any atom is -0.348 e. The third-order valence-electron chi connectivity index (χ3n) is 6.31. The molecule has 1 saturated heterocycles. The maximum atomic E-state index is 12.5. The number of hydrogen-bond donors (Lipinski definition) is 1. The van der Waals surface area contributed by atoms with Crippen molar-refractivity contribution in [1.82, 2.24) is 15.1 Å². The van der Waals surface area contributed by atoms with E-state index in [0.717, 1.165) is 19.0 Å². The van der Waals surface area contributed by atoms with Crippen molar-refractivity contribution >= 4 is 5.91 Å². The smallest absolute Gasteiger partial charge is 0.234 e. The Kier molecular flexibility index (Phi) is 7.31. The molecule has 150 valence electrons. The highest BCUT2D eigenvalue weighted by Crippen LogP contribution is 2.25. The van der Waals surface area contributed by atoms with Gasteiger partial charge >= 0.3 is 0 Å². The molecule has 4 heteroatoms. The van der Waals surface area contributed by atoms with Crippen molar-refractivity contribution in [3.8, 4) is 0 Å². The summed E-state index contributed by atoms with van der Waals surface area (Å²) in [5.74, 6) is 0.980. The second kappa shape index (κ2) is 9.70. The highest BCUT2D eigenvalue weighted by molar-refractivity contribution is 5.78. The second-order valence-electron chi connectivity index (χ2n) is 8.84. The van der Waals surface area contributed by atoms with Gasteiger partial charge in [0.2, 0.25) is 5.91 Å². The standard InChI is InChI=1S/C23H37N3O/c1-18(21-9-8-20-6-4-5-7-22(20)16-21)24-23(27)17-26-14-11-19(12-15-26)10-13-25(2)3/h8-9,16,18-19H,4-7,10-15,17H2,1-3H3,(H,24,27). The Morgan fingerprint density at radius 1 is 1.19 bits per heavy atom. The van der Waals surface area contributed by atoms with Crippen LogP contribution < -0.4 is 5.32 Å². The summed E-state index contributed by atoms with van der Waals surface area (Å²) in [6, 6.07) is 6.87. The van der Waals surface area contributed by atoms with Crippen LogP contribution in [0.1, 0.15) is 61.8 Å². The van der Waals surface area contributed by atoms with E-state index in [2.05, 4.69) is 54.3 Å². The number of fused-ring (bicyclic) bond motifs is 1. The molecular weight excluding hydrogens is 334 g/mol. The SMILES string of the molecule is CC(NC(=O)CN1CCC(CCN(C)C)CC1)c1ccc2c(c1)CCCC2. The molecule has 2 aliphatic rings. The lowest BCUT2D eigenvalue weighted by atomic mass is 9.89. The molecule has 1 aromatic rings. The van der Waals surface area contributed by atoms with Gasteiger partial charge < -0.3 is 10.2 Å². The Hall–Kier alpha value is -1.39. The Labute approximate surface area is 165 Å². The summed E-state index contributed by atoms with van der Waals surface area (Å²) in [4.78, 5) is 17.1. The van der Waals surface area contributed by atoms with E-state index in [4.69, 9.17) is 0 Å². The van der Waals surface area contributed by atoms with Gasteiger partial charge in [0.25, 0.3) is 0 Å². The molecule has 0 bridgehead atoms. The molecule has 1 unspecified atom stereocenters. The highest BCUT2D eigenvalue weighted by atomic mass is 16.2. The lowest BCUT2D eigenvalue weighted by molar-refractivity contribution is -0.123. The molecule has 1 aromatic carbocycles. The van der Waals surface area contributed by atoms with E-state index in [1.165, 1.54) is 68.2 Å². The third-order valence-corrected chi connectivity index (χ3v) is 6.31. The molecule has 27 heavy (non-hydrogen) atoms. The molecule has 1 amide bonds. The first-order chi connectivity index (χ1) is 13.0. The number of nitrogens with one attached hydrogen (secondary N) is 1. The summed E-state index contributed by atoms with van der Waals surface area (Å²) in [6.45, 7) is 5.92. The average molecular weight is 372 g/mol. The van der Waals surface area contributed by atoms with Gasteiger partial charge in [-0.25, -0.2) is 0 Å². The summed E-state index contributed by atoms with van der Waals surface area (Å²) in [7, 11) is 4.28. The summed E-state index contributed by atoms with van der Waals surface area (Å²) in [5.41, 5.74) is 4.23. The molecule has 3 rings (SSSR count). The van der Waals surface area contributed by atoms with Crippen molar-refractivity contribution in [2.24, 2.45) is 5.92 Å². The average Bonchev–Trinajstić information content (AvgIpc) is 2.67. The number of carbonyl (C=O) groups is 1. The van der Waals surface area contributed by atoms with Gasteiger partial charge in [-0.3, -0.25) is 9.69 Å². The predicted molar refractivity (Wildman–Crippen MR) is 112 cm³/mol. The fourth-order valence-corrected chi connectivity index (χ4v) is 4.47. The molecule has 1 N–H and O–H groups in total. The quantitative estimate of drug-likeness (QED) is 0.798. The van der Waals surface area contributed by atoms with Gasteiger partial charge in [-0.1, -0.05) is 18.2 Å². The van der Waals surface area contributed by atoms with Crippen molar-refractivity contribution in [1.29, 1.82) is 0 Å². The zero-order valence-corrected chi connectivity index (χ0v) is 17.5. The van der Waals surface area contributed by atoms with Crippen LogP contribution in [0, 0.1) is 5.92 Å². The molecule has 4 nitrogen and oxygen atoms in total. The lowest BCUT2D eigenvalue weighted by Gasteiger charge is -2.32. The first-order valence-electron chi connectivity index (χ1n) is 10.8. The van der Waals surface area contributed by atoms with Gasteiger partial charge in [-0.05, 0) is 108 Å². The number of likely N-dealkylation sites (tertiary alicyclic amines) is 1. The maximum absolute atomic E-state index is 12.5. The van der Waals surface area contributed by atoms with Crippen LogP contribution in [0.5, 0.6) is 0 Å². The number of carbonyl (C=O) groups excluding carboxylic acids is 1. The van der Waals surface area contributed by atoms with E-state index < -0.39 is 0 Å². The van der Waals surface area contributed by atoms with Crippen LogP contribution in [0.25, 0.3) is 0 Å². The van der Waals surface area contributed by atoms with E-state index in [0.29, 0.717) is 6.54 Å². The third kappa shape index (κ3) is 6.05. The van der Waals surface area contributed by atoms with Gasteiger partial charge in [-0.2, -0.15) is 0 Å². The molecule has 1 fully saturated rings. The summed E-state index contributed by atoms with van der Waals surface area (Å²) >= 11 is 0. The van der Waals surface area contributed by atoms with Crippen LogP contribution in [0.4, 0.5) is 0 Å². The van der Waals surface area contributed by atoms with E-state index in [1.54, 1.807) is 0 Å². The predicted octanol–water partition coefficient (Wildman–Crippen LogP) is 3.41. The highest BCUT2D eigenvalue weighted by Gasteiger charge is 2.21. The fourth-order valence-electron chi connectivity index (χ4n) is 4.47. The molecule has 1 aliphatic heterocycles. The number of benzene rings is 1. The number of hydrogen-bond acceptors (Lipinski definition) is 3. The fraction of sp³-hybridized carbons (Fsp3) is 0.696. The summed E-state index contributed by atoms with van der Waals surface area (Å²) in [5, 5.41) is 3.21. The van der Waals surface area contributed by atoms with Gasteiger partial charge in [0.05, 0.1) is 12.6 Å². The van der Waals surface area contributed by atoms with Crippen molar-refractivity contribution < 1.29 is 4.79 Å². The van der Waals surface area contributed by atoms with Crippen LogP contribution in [-0.2, 0) is 17.6 Å². The van der Waals surface area contributed by atoms with Gasteiger partial charge in [-0.15, -0.1) is 0 Å². The molecule has 0 aromatic heterocycles. The Balaban J connectivity index is 1.43. The second-order valence-corrected chi connectivity index (χ2v) is 8.84. The zero-order chi connectivity index (χ0) is 19.2. The zero-order valence-electron chi connectivity index (χ0n) is 17.5. The monoisotopic (exact) mass is 371 g/mol.